The second kappa shape index (κ2) is 8.57. The van der Waals surface area contributed by atoms with Crippen LogP contribution in [0.2, 0.25) is 0 Å². The monoisotopic (exact) mass is 422 g/mol. The van der Waals surface area contributed by atoms with Gasteiger partial charge in [-0.1, -0.05) is 6.07 Å². The molecule has 0 spiro atoms. The summed E-state index contributed by atoms with van der Waals surface area (Å²) >= 11 is 0. The van der Waals surface area contributed by atoms with Crippen molar-refractivity contribution in [2.24, 2.45) is 0 Å². The molecule has 0 radical (unpaired) electrons. The first kappa shape index (κ1) is 20.5. The largest absolute Gasteiger partial charge is 0.482 e. The molecular weight excluding hydrogens is 400 g/mol. The van der Waals surface area contributed by atoms with Gasteiger partial charge in [-0.3, -0.25) is 14.8 Å². The highest BCUT2D eigenvalue weighted by Crippen LogP contribution is 2.30. The van der Waals surface area contributed by atoms with E-state index in [-0.39, 0.29) is 18.2 Å². The first-order chi connectivity index (χ1) is 14.9. The van der Waals surface area contributed by atoms with Crippen molar-refractivity contribution in [1.29, 1.82) is 0 Å². The Balaban J connectivity index is 1.39. The third-order valence-corrected chi connectivity index (χ3v) is 5.18. The fourth-order valence-corrected chi connectivity index (χ4v) is 3.65. The summed E-state index contributed by atoms with van der Waals surface area (Å²) in [6, 6.07) is 11.9. The predicted octanol–water partition coefficient (Wildman–Crippen LogP) is 1.46. The molecule has 160 valence electrons. The summed E-state index contributed by atoms with van der Waals surface area (Å²) in [6.07, 6.45) is 3.92. The fraction of sp³-hybridized carbons (Fsp3) is 0.273. The van der Waals surface area contributed by atoms with E-state index in [0.29, 0.717) is 25.1 Å². The van der Waals surface area contributed by atoms with Crippen LogP contribution in [-0.2, 0) is 4.79 Å². The molecule has 1 fully saturated rings. The molecule has 0 saturated carbocycles. The first-order valence-electron chi connectivity index (χ1n) is 9.83. The molecule has 1 aromatic carbocycles. The number of ether oxygens (including phenoxy) is 1. The Morgan fingerprint density at radius 1 is 1.16 bits per heavy atom. The third kappa shape index (κ3) is 4.72. The summed E-state index contributed by atoms with van der Waals surface area (Å²) in [5, 5.41) is 22.5. The molecule has 3 heterocycles. The number of carboxylic acids is 1. The predicted molar refractivity (Wildman–Crippen MR) is 113 cm³/mol. The number of rotatable bonds is 7. The summed E-state index contributed by atoms with van der Waals surface area (Å²) in [6.45, 7) is 0.573. The van der Waals surface area contributed by atoms with Gasteiger partial charge >= 0.3 is 5.97 Å². The van der Waals surface area contributed by atoms with Crippen molar-refractivity contribution >= 4 is 28.6 Å². The highest BCUT2D eigenvalue weighted by molar-refractivity contribution is 5.94. The molecule has 2 aromatic heterocycles. The molecule has 31 heavy (non-hydrogen) atoms. The van der Waals surface area contributed by atoms with Gasteiger partial charge in [-0.25, -0.2) is 4.79 Å². The number of pyridine rings is 2. The molecule has 3 aromatic rings. The van der Waals surface area contributed by atoms with Crippen molar-refractivity contribution in [3.05, 3.63) is 60.4 Å². The first-order valence-corrected chi connectivity index (χ1v) is 9.83. The van der Waals surface area contributed by atoms with Crippen LogP contribution in [0.3, 0.4) is 0 Å². The number of nitrogens with zero attached hydrogens (tertiary/aromatic N) is 3. The van der Waals surface area contributed by atoms with E-state index in [4.69, 9.17) is 9.84 Å². The number of aromatic nitrogens is 2. The molecule has 1 aliphatic rings. The van der Waals surface area contributed by atoms with Gasteiger partial charge in [0.2, 0.25) is 0 Å². The van der Waals surface area contributed by atoms with Crippen molar-refractivity contribution in [3.63, 3.8) is 0 Å². The van der Waals surface area contributed by atoms with Gasteiger partial charge in [0.25, 0.3) is 5.91 Å². The van der Waals surface area contributed by atoms with Crippen molar-refractivity contribution in [3.8, 4) is 5.75 Å². The standard InChI is InChI=1S/C22H22N4O5/c27-19(28)12-31-16-4-1-3-15(11-16)21(29)25-13-22(30)7-10-26(14-22)18-6-9-23-17-5-2-8-24-20(17)18/h1-6,8-9,11,30H,7,10,12-14H2,(H,25,29)(H,27,28). The van der Waals surface area contributed by atoms with Crippen LogP contribution < -0.4 is 15.0 Å². The zero-order valence-corrected chi connectivity index (χ0v) is 16.7. The lowest BCUT2D eigenvalue weighted by Gasteiger charge is -2.25. The number of carbonyl (C=O) groups is 2. The van der Waals surface area contributed by atoms with Gasteiger partial charge in [0.15, 0.2) is 6.61 Å². The number of anilines is 1. The molecule has 9 heteroatoms. The van der Waals surface area contributed by atoms with Gasteiger partial charge < -0.3 is 25.2 Å². The number of aliphatic hydroxyl groups is 1. The van der Waals surface area contributed by atoms with Gasteiger partial charge in [-0.15, -0.1) is 0 Å². The molecule has 4 rings (SSSR count). The van der Waals surface area contributed by atoms with E-state index in [9.17, 15) is 14.7 Å². The van der Waals surface area contributed by atoms with Gasteiger partial charge in [0, 0.05) is 37.6 Å². The Morgan fingerprint density at radius 2 is 2.03 bits per heavy atom. The number of aliphatic carboxylic acids is 1. The lowest BCUT2D eigenvalue weighted by molar-refractivity contribution is -0.139. The van der Waals surface area contributed by atoms with Crippen molar-refractivity contribution < 1.29 is 24.5 Å². The number of amides is 1. The van der Waals surface area contributed by atoms with E-state index in [1.165, 1.54) is 6.07 Å². The number of fused-ring (bicyclic) bond motifs is 1. The fourth-order valence-electron chi connectivity index (χ4n) is 3.65. The summed E-state index contributed by atoms with van der Waals surface area (Å²) in [5.74, 6) is -1.18. The molecule has 3 N–H and O–H groups in total. The second-order valence-corrected chi connectivity index (χ2v) is 7.49. The summed E-state index contributed by atoms with van der Waals surface area (Å²) in [5.41, 5.74) is 1.70. The number of carboxylic acid groups (broad SMARTS) is 1. The topological polar surface area (TPSA) is 125 Å². The number of carbonyl (C=O) groups excluding carboxylic acids is 1. The molecule has 0 bridgehead atoms. The number of nitrogens with one attached hydrogen (secondary N) is 1. The minimum Gasteiger partial charge on any atom is -0.482 e. The van der Waals surface area contributed by atoms with Crippen molar-refractivity contribution in [1.82, 2.24) is 15.3 Å². The Bertz CT molecular complexity index is 1120. The van der Waals surface area contributed by atoms with Crippen LogP contribution in [0.1, 0.15) is 16.8 Å². The van der Waals surface area contributed by atoms with E-state index >= 15 is 0 Å². The van der Waals surface area contributed by atoms with Crippen LogP contribution in [0.15, 0.2) is 54.9 Å². The number of hydrogen-bond donors (Lipinski definition) is 3. The minimum atomic E-state index is -1.10. The Labute approximate surface area is 178 Å². The molecule has 0 aliphatic carbocycles. The molecule has 9 nitrogen and oxygen atoms in total. The average molecular weight is 422 g/mol. The molecule has 1 amide bonds. The number of benzene rings is 1. The maximum absolute atomic E-state index is 12.5. The highest BCUT2D eigenvalue weighted by Gasteiger charge is 2.37. The zero-order valence-electron chi connectivity index (χ0n) is 16.7. The van der Waals surface area contributed by atoms with Crippen LogP contribution in [0.4, 0.5) is 5.69 Å². The van der Waals surface area contributed by atoms with Crippen LogP contribution in [0.25, 0.3) is 11.0 Å². The van der Waals surface area contributed by atoms with Gasteiger partial charge in [0.05, 0.1) is 11.2 Å². The van der Waals surface area contributed by atoms with Gasteiger partial charge in [0.1, 0.15) is 16.9 Å². The molecule has 1 atom stereocenters. The van der Waals surface area contributed by atoms with E-state index in [1.807, 2.05) is 23.1 Å². The van der Waals surface area contributed by atoms with Gasteiger partial charge in [-0.2, -0.15) is 0 Å². The van der Waals surface area contributed by atoms with Gasteiger partial charge in [-0.05, 0) is 42.8 Å². The summed E-state index contributed by atoms with van der Waals surface area (Å²) in [7, 11) is 0. The Hall–Kier alpha value is -3.72. The second-order valence-electron chi connectivity index (χ2n) is 7.49. The maximum Gasteiger partial charge on any atom is 0.341 e. The molecule has 1 saturated heterocycles. The number of hydrogen-bond acceptors (Lipinski definition) is 7. The number of β-amino-alcohol motifs (C(OH)–C–C–N with tert-alkyl or cyclic N) is 1. The molecular formula is C22H22N4O5. The highest BCUT2D eigenvalue weighted by atomic mass is 16.5. The van der Waals surface area contributed by atoms with E-state index < -0.39 is 18.2 Å². The lowest BCUT2D eigenvalue weighted by Crippen LogP contribution is -2.45. The quantitative estimate of drug-likeness (QED) is 0.523. The Morgan fingerprint density at radius 3 is 2.87 bits per heavy atom. The average Bonchev–Trinajstić information content (AvgIpc) is 3.18. The van der Waals surface area contributed by atoms with Crippen molar-refractivity contribution in [2.75, 3.05) is 31.1 Å². The smallest absolute Gasteiger partial charge is 0.341 e. The maximum atomic E-state index is 12.5. The zero-order chi connectivity index (χ0) is 21.8. The normalized spacial score (nSPS) is 18.2. The minimum absolute atomic E-state index is 0.0823. The molecule has 1 unspecified atom stereocenters. The van der Waals surface area contributed by atoms with Crippen LogP contribution in [0.5, 0.6) is 5.75 Å². The third-order valence-electron chi connectivity index (χ3n) is 5.18. The van der Waals surface area contributed by atoms with E-state index in [2.05, 4.69) is 15.3 Å². The summed E-state index contributed by atoms with van der Waals surface area (Å²) in [4.78, 5) is 34.0. The lowest BCUT2D eigenvalue weighted by atomic mass is 10.0. The van der Waals surface area contributed by atoms with Crippen LogP contribution in [0, 0.1) is 0 Å². The summed E-state index contributed by atoms with van der Waals surface area (Å²) < 4.78 is 5.11. The van der Waals surface area contributed by atoms with Crippen molar-refractivity contribution in [2.45, 2.75) is 12.0 Å². The van der Waals surface area contributed by atoms with E-state index in [0.717, 1.165) is 16.7 Å². The SMILES string of the molecule is O=C(O)COc1cccc(C(=O)NCC2(O)CCN(c3ccnc4cccnc34)C2)c1. The Kier molecular flexibility index (Phi) is 5.68. The van der Waals surface area contributed by atoms with Crippen LogP contribution >= 0.6 is 0 Å². The van der Waals surface area contributed by atoms with Crippen LogP contribution in [-0.4, -0.2) is 63.9 Å². The van der Waals surface area contributed by atoms with E-state index in [1.54, 1.807) is 30.6 Å². The molecule has 1 aliphatic heterocycles.